The quantitative estimate of drug-likeness (QED) is 0.781. The average molecular weight is 393 g/mol. The van der Waals surface area contributed by atoms with Crippen molar-refractivity contribution in [3.63, 3.8) is 0 Å². The summed E-state index contributed by atoms with van der Waals surface area (Å²) < 4.78 is 26.0. The highest BCUT2D eigenvalue weighted by Crippen LogP contribution is 2.31. The molecule has 0 fully saturated rings. The molecule has 26 heavy (non-hydrogen) atoms. The van der Waals surface area contributed by atoms with Gasteiger partial charge >= 0.3 is 0 Å². The zero-order valence-corrected chi connectivity index (χ0v) is 15.7. The first-order valence-electron chi connectivity index (χ1n) is 8.00. The molecule has 1 aliphatic rings. The molecule has 4 nitrogen and oxygen atoms in total. The van der Waals surface area contributed by atoms with Gasteiger partial charge in [0.1, 0.15) is 18.5 Å². The van der Waals surface area contributed by atoms with Gasteiger partial charge in [0.25, 0.3) is 5.91 Å². The monoisotopic (exact) mass is 393 g/mol. The van der Waals surface area contributed by atoms with Gasteiger partial charge in [0, 0.05) is 24.5 Å². The molecule has 0 spiro atoms. The fraction of sp³-hybridized carbons (Fsp3) is 0.278. The average Bonchev–Trinajstić information content (AvgIpc) is 3.30. The summed E-state index contributed by atoms with van der Waals surface area (Å²) in [6.07, 6.45) is 7.57. The van der Waals surface area contributed by atoms with Crippen LogP contribution in [0.5, 0.6) is 0 Å². The fourth-order valence-electron chi connectivity index (χ4n) is 2.31. The highest BCUT2D eigenvalue weighted by molar-refractivity contribution is 7.21. The zero-order valence-electron chi connectivity index (χ0n) is 14.0. The van der Waals surface area contributed by atoms with E-state index in [1.807, 2.05) is 5.38 Å². The van der Waals surface area contributed by atoms with Crippen molar-refractivity contribution in [2.24, 2.45) is 0 Å². The van der Waals surface area contributed by atoms with E-state index in [0.717, 1.165) is 5.57 Å². The Morgan fingerprint density at radius 2 is 2.31 bits per heavy atom. The van der Waals surface area contributed by atoms with E-state index >= 15 is 0 Å². The molecule has 0 aromatic carbocycles. The standard InChI is InChI=1S/C18H17F2N3OS2/c1-11(9-19)8-14-15(23-18(26-14)17-21-6-7-25-17)16(24)22-10-12-2-4-13(20)5-3-12/h2-4,6-8,13H,5,9-10H2,1H3,(H,22,24)/b11-8+. The van der Waals surface area contributed by atoms with Crippen LogP contribution in [0.2, 0.25) is 0 Å². The van der Waals surface area contributed by atoms with Crippen LogP contribution in [0.15, 0.2) is 41.0 Å². The summed E-state index contributed by atoms with van der Waals surface area (Å²) >= 11 is 2.73. The van der Waals surface area contributed by atoms with Crippen molar-refractivity contribution in [1.29, 1.82) is 0 Å². The van der Waals surface area contributed by atoms with Gasteiger partial charge in [0.05, 0.1) is 4.88 Å². The summed E-state index contributed by atoms with van der Waals surface area (Å²) in [7, 11) is 0. The van der Waals surface area contributed by atoms with Crippen LogP contribution >= 0.6 is 22.7 Å². The molecule has 2 aromatic rings. The summed E-state index contributed by atoms with van der Waals surface area (Å²) in [6.45, 7) is 1.36. The number of nitrogens with zero attached hydrogens (tertiary/aromatic N) is 2. The van der Waals surface area contributed by atoms with Gasteiger partial charge in [-0.05, 0) is 24.1 Å². The highest BCUT2D eigenvalue weighted by Gasteiger charge is 2.19. The molecule has 1 unspecified atom stereocenters. The molecule has 0 saturated carbocycles. The number of halogens is 2. The van der Waals surface area contributed by atoms with E-state index in [9.17, 15) is 13.6 Å². The van der Waals surface area contributed by atoms with E-state index in [4.69, 9.17) is 0 Å². The topological polar surface area (TPSA) is 54.9 Å². The van der Waals surface area contributed by atoms with Gasteiger partial charge in [-0.3, -0.25) is 4.79 Å². The van der Waals surface area contributed by atoms with Crippen molar-refractivity contribution < 1.29 is 13.6 Å². The molecule has 3 rings (SSSR count). The van der Waals surface area contributed by atoms with Gasteiger partial charge in [-0.2, -0.15) is 0 Å². The second-order valence-corrected chi connectivity index (χ2v) is 7.69. The molecule has 136 valence electrons. The Kier molecular flexibility index (Phi) is 6.05. The fourth-order valence-corrected chi connectivity index (χ4v) is 4.08. The molecule has 0 radical (unpaired) electrons. The lowest BCUT2D eigenvalue weighted by Gasteiger charge is -2.10. The third-order valence-corrected chi connectivity index (χ3v) is 5.57. The van der Waals surface area contributed by atoms with Crippen LogP contribution in [0.3, 0.4) is 0 Å². The number of aromatic nitrogens is 2. The summed E-state index contributed by atoms with van der Waals surface area (Å²) in [5.41, 5.74) is 1.61. The number of nitrogens with one attached hydrogen (secondary N) is 1. The Balaban J connectivity index is 1.80. The number of hydrogen-bond acceptors (Lipinski definition) is 5. The Morgan fingerprint density at radius 1 is 1.46 bits per heavy atom. The Bertz CT molecular complexity index is 869. The van der Waals surface area contributed by atoms with Gasteiger partial charge in [-0.15, -0.1) is 22.7 Å². The van der Waals surface area contributed by atoms with Crippen LogP contribution in [-0.4, -0.2) is 35.3 Å². The minimum Gasteiger partial charge on any atom is -0.347 e. The van der Waals surface area contributed by atoms with E-state index < -0.39 is 12.8 Å². The van der Waals surface area contributed by atoms with Gasteiger partial charge < -0.3 is 5.32 Å². The number of alkyl halides is 2. The van der Waals surface area contributed by atoms with Crippen LogP contribution in [0.1, 0.15) is 28.7 Å². The van der Waals surface area contributed by atoms with Crippen LogP contribution in [0.4, 0.5) is 8.78 Å². The number of thiazole rings is 2. The number of carbonyl (C=O) groups is 1. The van der Waals surface area contributed by atoms with E-state index in [1.54, 1.807) is 31.3 Å². The van der Waals surface area contributed by atoms with Crippen LogP contribution in [0, 0.1) is 0 Å². The molecule has 2 aromatic heterocycles. The third kappa shape index (κ3) is 4.50. The smallest absolute Gasteiger partial charge is 0.271 e. The van der Waals surface area contributed by atoms with Crippen LogP contribution in [-0.2, 0) is 0 Å². The SMILES string of the molecule is C/C(=C\c1sc(-c2nccs2)nc1C(=O)NCC1=CCC(F)C=C1)CF. The third-order valence-electron chi connectivity index (χ3n) is 3.65. The normalized spacial score (nSPS) is 17.3. The summed E-state index contributed by atoms with van der Waals surface area (Å²) in [5.74, 6) is -0.348. The Labute approximate surface area is 158 Å². The first-order chi connectivity index (χ1) is 12.6. The van der Waals surface area contributed by atoms with Crippen molar-refractivity contribution >= 4 is 34.7 Å². The van der Waals surface area contributed by atoms with E-state index in [-0.39, 0.29) is 18.1 Å². The lowest BCUT2D eigenvalue weighted by atomic mass is 10.1. The number of rotatable bonds is 6. The number of allylic oxidation sites excluding steroid dienone is 3. The first-order valence-corrected chi connectivity index (χ1v) is 9.69. The van der Waals surface area contributed by atoms with Crippen LogP contribution < -0.4 is 5.32 Å². The van der Waals surface area contributed by atoms with Gasteiger partial charge in [0.15, 0.2) is 10.0 Å². The maximum Gasteiger partial charge on any atom is 0.271 e. The van der Waals surface area contributed by atoms with Gasteiger partial charge in [-0.25, -0.2) is 18.7 Å². The number of hydrogen-bond donors (Lipinski definition) is 1. The summed E-state index contributed by atoms with van der Waals surface area (Å²) in [5, 5.41) is 5.97. The maximum absolute atomic E-state index is 13.1. The molecule has 1 aliphatic carbocycles. The maximum atomic E-state index is 13.1. The predicted molar refractivity (Wildman–Crippen MR) is 102 cm³/mol. The minimum absolute atomic E-state index is 0.247. The molecule has 8 heteroatoms. The van der Waals surface area contributed by atoms with Gasteiger partial charge in [0.2, 0.25) is 0 Å². The first kappa shape index (κ1) is 18.6. The van der Waals surface area contributed by atoms with Crippen molar-refractivity contribution in [1.82, 2.24) is 15.3 Å². The molecule has 0 bridgehead atoms. The number of amides is 1. The van der Waals surface area contributed by atoms with Crippen LogP contribution in [0.25, 0.3) is 16.1 Å². The van der Waals surface area contributed by atoms with Crippen molar-refractivity contribution in [2.75, 3.05) is 13.2 Å². The molecule has 1 N–H and O–H groups in total. The lowest BCUT2D eigenvalue weighted by molar-refractivity contribution is 0.0953. The van der Waals surface area contributed by atoms with Crippen molar-refractivity contribution in [2.45, 2.75) is 19.5 Å². The van der Waals surface area contributed by atoms with Crippen molar-refractivity contribution in [3.8, 4) is 10.0 Å². The molecule has 0 aliphatic heterocycles. The summed E-state index contributed by atoms with van der Waals surface area (Å²) in [6, 6.07) is 0. The predicted octanol–water partition coefficient (Wildman–Crippen LogP) is 4.59. The molecule has 2 heterocycles. The minimum atomic E-state index is -0.964. The molecular weight excluding hydrogens is 376 g/mol. The zero-order chi connectivity index (χ0) is 18.5. The molecule has 1 atom stereocenters. The highest BCUT2D eigenvalue weighted by atomic mass is 32.1. The van der Waals surface area contributed by atoms with E-state index in [0.29, 0.717) is 26.9 Å². The van der Waals surface area contributed by atoms with E-state index in [2.05, 4.69) is 15.3 Å². The largest absolute Gasteiger partial charge is 0.347 e. The number of carbonyl (C=O) groups excluding carboxylic acids is 1. The lowest BCUT2D eigenvalue weighted by Crippen LogP contribution is -2.26. The second-order valence-electron chi connectivity index (χ2n) is 5.77. The van der Waals surface area contributed by atoms with Gasteiger partial charge in [-0.1, -0.05) is 18.2 Å². The molecular formula is C18H17F2N3OS2. The van der Waals surface area contributed by atoms with Crippen molar-refractivity contribution in [3.05, 3.63) is 51.5 Å². The Hall–Kier alpha value is -2.19. The Morgan fingerprint density at radius 3 is 2.96 bits per heavy atom. The molecule has 1 amide bonds. The second kappa shape index (κ2) is 8.46. The molecule has 0 saturated heterocycles. The summed E-state index contributed by atoms with van der Waals surface area (Å²) in [4.78, 5) is 21.8. The van der Waals surface area contributed by atoms with E-state index in [1.165, 1.54) is 28.7 Å².